The van der Waals surface area contributed by atoms with Gasteiger partial charge in [-0.25, -0.2) is 4.79 Å². The van der Waals surface area contributed by atoms with Gasteiger partial charge in [-0.1, -0.05) is 25.1 Å². The number of aryl methyl sites for hydroxylation is 1. The maximum atomic E-state index is 12.4. The van der Waals surface area contributed by atoms with Crippen molar-refractivity contribution in [1.82, 2.24) is 4.98 Å². The van der Waals surface area contributed by atoms with E-state index in [9.17, 15) is 4.79 Å². The molecule has 0 saturated heterocycles. The molecule has 0 aliphatic heterocycles. The monoisotopic (exact) mass is 385 g/mol. The van der Waals surface area contributed by atoms with Gasteiger partial charge in [-0.2, -0.15) is 0 Å². The summed E-state index contributed by atoms with van der Waals surface area (Å²) in [4.78, 5) is 16.8. The fraction of sp³-hybridized carbons (Fsp3) is 0.478. The van der Waals surface area contributed by atoms with Gasteiger partial charge in [0.15, 0.2) is 6.10 Å². The molecule has 0 spiro atoms. The maximum Gasteiger partial charge on any atom is 0.340 e. The molecule has 5 nitrogen and oxygen atoms in total. The van der Waals surface area contributed by atoms with Crippen molar-refractivity contribution < 1.29 is 19.0 Å². The number of hydrogen-bond acceptors (Lipinski definition) is 5. The van der Waals surface area contributed by atoms with Gasteiger partial charge in [0.25, 0.3) is 0 Å². The number of hydrogen-bond donors (Lipinski definition) is 0. The van der Waals surface area contributed by atoms with Crippen molar-refractivity contribution in [2.45, 2.75) is 65.8 Å². The van der Waals surface area contributed by atoms with Crippen molar-refractivity contribution in [3.63, 3.8) is 0 Å². The predicted molar refractivity (Wildman–Crippen MR) is 109 cm³/mol. The van der Waals surface area contributed by atoms with Crippen LogP contribution in [-0.4, -0.2) is 29.8 Å². The number of rotatable bonds is 10. The molecule has 0 amide bonds. The van der Waals surface area contributed by atoms with Crippen LogP contribution in [0.4, 0.5) is 0 Å². The van der Waals surface area contributed by atoms with Crippen molar-refractivity contribution >= 4 is 5.97 Å². The summed E-state index contributed by atoms with van der Waals surface area (Å²) in [7, 11) is 0. The largest absolute Gasteiger partial charge is 0.493 e. The van der Waals surface area contributed by atoms with Crippen LogP contribution in [0.25, 0.3) is 0 Å². The Labute approximate surface area is 168 Å². The number of benzene rings is 1. The van der Waals surface area contributed by atoms with E-state index >= 15 is 0 Å². The highest BCUT2D eigenvalue weighted by Gasteiger charge is 2.25. The normalized spacial score (nSPS) is 12.2. The van der Waals surface area contributed by atoms with Crippen LogP contribution in [0.1, 0.15) is 57.5 Å². The Bertz CT molecular complexity index is 723. The quantitative estimate of drug-likeness (QED) is 0.556. The number of ether oxygens (including phenoxy) is 3. The van der Waals surface area contributed by atoms with Crippen LogP contribution in [0, 0.1) is 0 Å². The zero-order valence-corrected chi connectivity index (χ0v) is 17.5. The van der Waals surface area contributed by atoms with Crippen LogP contribution in [-0.2, 0) is 27.1 Å². The lowest BCUT2D eigenvalue weighted by Crippen LogP contribution is -2.24. The summed E-state index contributed by atoms with van der Waals surface area (Å²) in [6.07, 6.45) is 2.63. The van der Waals surface area contributed by atoms with Crippen LogP contribution in [0.5, 0.6) is 5.75 Å². The molecular formula is C23H31NO4. The zero-order chi connectivity index (χ0) is 20.5. The average Bonchev–Trinajstić information content (AvgIpc) is 2.66. The van der Waals surface area contributed by atoms with Crippen molar-refractivity contribution in [2.24, 2.45) is 0 Å². The van der Waals surface area contributed by atoms with Gasteiger partial charge < -0.3 is 14.2 Å². The maximum absolute atomic E-state index is 12.4. The number of aromatic nitrogens is 1. The lowest BCUT2D eigenvalue weighted by Gasteiger charge is -2.21. The smallest absolute Gasteiger partial charge is 0.340 e. The molecule has 1 aromatic carbocycles. The molecule has 0 saturated carbocycles. The first-order chi connectivity index (χ1) is 13.4. The summed E-state index contributed by atoms with van der Waals surface area (Å²) < 4.78 is 16.9. The van der Waals surface area contributed by atoms with Crippen molar-refractivity contribution in [3.05, 3.63) is 59.4 Å². The first kappa shape index (κ1) is 21.9. The van der Waals surface area contributed by atoms with E-state index in [1.54, 1.807) is 0 Å². The summed E-state index contributed by atoms with van der Waals surface area (Å²) in [5, 5.41) is 0. The molecule has 1 atom stereocenters. The third-order valence-electron chi connectivity index (χ3n) is 4.08. The molecule has 5 heteroatoms. The second kappa shape index (κ2) is 10.8. The van der Waals surface area contributed by atoms with E-state index in [0.29, 0.717) is 6.61 Å². The van der Waals surface area contributed by atoms with Crippen LogP contribution >= 0.6 is 0 Å². The van der Waals surface area contributed by atoms with Gasteiger partial charge in [0, 0.05) is 18.3 Å². The molecule has 0 aliphatic rings. The Morgan fingerprint density at radius 2 is 1.71 bits per heavy atom. The zero-order valence-electron chi connectivity index (χ0n) is 17.5. The summed E-state index contributed by atoms with van der Waals surface area (Å²) in [6, 6.07) is 11.5. The number of carbonyl (C=O) groups is 1. The van der Waals surface area contributed by atoms with E-state index in [2.05, 4.69) is 18.0 Å². The van der Waals surface area contributed by atoms with Gasteiger partial charge in [-0.3, -0.25) is 4.98 Å². The van der Waals surface area contributed by atoms with Crippen LogP contribution < -0.4 is 4.74 Å². The van der Waals surface area contributed by atoms with E-state index in [4.69, 9.17) is 14.2 Å². The molecule has 0 aliphatic carbocycles. The molecule has 1 unspecified atom stereocenters. The minimum absolute atomic E-state index is 0.0905. The first-order valence-corrected chi connectivity index (χ1v) is 9.91. The van der Waals surface area contributed by atoms with E-state index in [1.807, 2.05) is 64.2 Å². The molecule has 2 aromatic rings. The summed E-state index contributed by atoms with van der Waals surface area (Å²) in [5.74, 6) is 0.369. The van der Waals surface area contributed by atoms with Gasteiger partial charge >= 0.3 is 5.97 Å². The summed E-state index contributed by atoms with van der Waals surface area (Å²) in [5.41, 5.74) is 2.99. The Hall–Kier alpha value is -2.40. The van der Waals surface area contributed by atoms with Crippen molar-refractivity contribution in [1.29, 1.82) is 0 Å². The Kier molecular flexibility index (Phi) is 8.45. The Morgan fingerprint density at radius 3 is 2.25 bits per heavy atom. The van der Waals surface area contributed by atoms with Crippen LogP contribution in [0.15, 0.2) is 42.6 Å². The van der Waals surface area contributed by atoms with Gasteiger partial charge in [0.1, 0.15) is 5.75 Å². The van der Waals surface area contributed by atoms with E-state index in [1.165, 1.54) is 5.56 Å². The molecule has 0 bridgehead atoms. The second-order valence-corrected chi connectivity index (χ2v) is 7.23. The SMILES string of the molecule is CCc1ccc(CCOc2ccc(C(OC(C)C)C(=O)OC(C)C)cc2)nc1. The van der Waals surface area contributed by atoms with Crippen molar-refractivity contribution in [2.75, 3.05) is 6.61 Å². The highest BCUT2D eigenvalue weighted by molar-refractivity contribution is 5.76. The lowest BCUT2D eigenvalue weighted by atomic mass is 10.1. The molecule has 152 valence electrons. The number of pyridine rings is 1. The third-order valence-corrected chi connectivity index (χ3v) is 4.08. The van der Waals surface area contributed by atoms with E-state index in [-0.39, 0.29) is 18.2 Å². The third kappa shape index (κ3) is 6.97. The lowest BCUT2D eigenvalue weighted by molar-refractivity contribution is -0.164. The Balaban J connectivity index is 1.94. The predicted octanol–water partition coefficient (Wildman–Crippen LogP) is 4.68. The van der Waals surface area contributed by atoms with Crippen LogP contribution in [0.3, 0.4) is 0 Å². The van der Waals surface area contributed by atoms with E-state index in [0.717, 1.165) is 29.8 Å². The first-order valence-electron chi connectivity index (χ1n) is 9.91. The second-order valence-electron chi connectivity index (χ2n) is 7.23. The van der Waals surface area contributed by atoms with Gasteiger partial charge in [0.2, 0.25) is 0 Å². The molecule has 0 N–H and O–H groups in total. The van der Waals surface area contributed by atoms with Crippen molar-refractivity contribution in [3.8, 4) is 5.75 Å². The van der Waals surface area contributed by atoms with Gasteiger partial charge in [0.05, 0.1) is 18.8 Å². The minimum atomic E-state index is -0.738. The topological polar surface area (TPSA) is 57.7 Å². The molecule has 1 aromatic heterocycles. The molecule has 0 fully saturated rings. The molecular weight excluding hydrogens is 354 g/mol. The molecule has 2 rings (SSSR count). The highest BCUT2D eigenvalue weighted by Crippen LogP contribution is 2.24. The Morgan fingerprint density at radius 1 is 1.00 bits per heavy atom. The summed E-state index contributed by atoms with van der Waals surface area (Å²) >= 11 is 0. The standard InChI is InChI=1S/C23H31NO4/c1-6-18-7-10-20(24-15-18)13-14-26-21-11-8-19(9-12-21)22(27-16(2)3)23(25)28-17(4)5/h7-12,15-17,22H,6,13-14H2,1-5H3. The minimum Gasteiger partial charge on any atom is -0.493 e. The number of esters is 1. The summed E-state index contributed by atoms with van der Waals surface area (Å²) in [6.45, 7) is 10.1. The molecule has 28 heavy (non-hydrogen) atoms. The van der Waals surface area contributed by atoms with E-state index < -0.39 is 6.10 Å². The average molecular weight is 386 g/mol. The van der Waals surface area contributed by atoms with Crippen LogP contribution in [0.2, 0.25) is 0 Å². The highest BCUT2D eigenvalue weighted by atomic mass is 16.6. The van der Waals surface area contributed by atoms with Gasteiger partial charge in [-0.15, -0.1) is 0 Å². The number of nitrogens with zero attached hydrogens (tertiary/aromatic N) is 1. The fourth-order valence-electron chi connectivity index (χ4n) is 2.66. The fourth-order valence-corrected chi connectivity index (χ4v) is 2.66. The van der Waals surface area contributed by atoms with Gasteiger partial charge in [-0.05, 0) is 63.4 Å². The molecule has 0 radical (unpaired) electrons. The number of carbonyl (C=O) groups excluding carboxylic acids is 1. The molecule has 1 heterocycles.